The summed E-state index contributed by atoms with van der Waals surface area (Å²) in [4.78, 5) is 18.9. The molecule has 2 aliphatic rings. The molecule has 3 rings (SSSR count). The zero-order chi connectivity index (χ0) is 18.6. The smallest absolute Gasteiger partial charge is 0.244 e. The van der Waals surface area contributed by atoms with Crippen molar-refractivity contribution in [2.75, 3.05) is 37.6 Å². The van der Waals surface area contributed by atoms with Crippen LogP contribution in [-0.2, 0) is 14.8 Å². The number of piperidine rings is 1. The highest BCUT2D eigenvalue weighted by Gasteiger charge is 2.29. The minimum Gasteiger partial charge on any atom is -0.356 e. The fraction of sp³-hybridized carbons (Fsp3) is 0.667. The lowest BCUT2D eigenvalue weighted by Crippen LogP contribution is -2.43. The van der Waals surface area contributed by atoms with Gasteiger partial charge in [0.1, 0.15) is 10.7 Å². The van der Waals surface area contributed by atoms with E-state index >= 15 is 0 Å². The molecule has 1 aromatic rings. The van der Waals surface area contributed by atoms with E-state index in [4.69, 9.17) is 0 Å². The molecule has 26 heavy (non-hydrogen) atoms. The van der Waals surface area contributed by atoms with Crippen molar-refractivity contribution in [2.45, 2.75) is 43.9 Å². The van der Waals surface area contributed by atoms with E-state index < -0.39 is 10.0 Å². The largest absolute Gasteiger partial charge is 0.356 e. The minimum atomic E-state index is -3.43. The molecule has 144 valence electrons. The minimum absolute atomic E-state index is 0.0369. The first-order valence-corrected chi connectivity index (χ1v) is 10.9. The van der Waals surface area contributed by atoms with E-state index in [9.17, 15) is 13.2 Å². The molecule has 1 unspecified atom stereocenters. The van der Waals surface area contributed by atoms with Crippen molar-refractivity contribution in [1.29, 1.82) is 0 Å². The maximum atomic E-state index is 12.6. The van der Waals surface area contributed by atoms with Gasteiger partial charge < -0.3 is 10.2 Å². The molecule has 0 spiro atoms. The van der Waals surface area contributed by atoms with Crippen LogP contribution < -0.4 is 10.2 Å². The number of hydrogen-bond donors (Lipinski definition) is 1. The maximum Gasteiger partial charge on any atom is 0.244 e. The van der Waals surface area contributed by atoms with Crippen molar-refractivity contribution >= 4 is 21.7 Å². The molecule has 1 aromatic heterocycles. The van der Waals surface area contributed by atoms with Crippen LogP contribution in [0.3, 0.4) is 0 Å². The van der Waals surface area contributed by atoms with Crippen molar-refractivity contribution in [3.05, 3.63) is 18.3 Å². The van der Waals surface area contributed by atoms with Crippen LogP contribution in [0.5, 0.6) is 0 Å². The topological polar surface area (TPSA) is 82.6 Å². The molecule has 7 nitrogen and oxygen atoms in total. The van der Waals surface area contributed by atoms with E-state index in [1.54, 1.807) is 12.1 Å². The van der Waals surface area contributed by atoms with Gasteiger partial charge in [0.25, 0.3) is 0 Å². The Morgan fingerprint density at radius 3 is 2.65 bits per heavy atom. The predicted octanol–water partition coefficient (Wildman–Crippen LogP) is 1.61. The third-order valence-electron chi connectivity index (χ3n) is 5.09. The van der Waals surface area contributed by atoms with Crippen LogP contribution in [0, 0.1) is 5.92 Å². The number of nitrogens with one attached hydrogen (secondary N) is 1. The van der Waals surface area contributed by atoms with Gasteiger partial charge in [0, 0.05) is 38.9 Å². The quantitative estimate of drug-likeness (QED) is 0.811. The second-order valence-corrected chi connectivity index (χ2v) is 8.98. The van der Waals surface area contributed by atoms with Gasteiger partial charge in [0.05, 0.1) is 5.92 Å². The van der Waals surface area contributed by atoms with E-state index in [1.807, 2.05) is 6.92 Å². The Morgan fingerprint density at radius 2 is 2.00 bits per heavy atom. The average molecular weight is 381 g/mol. The number of carbonyl (C=O) groups excluding carboxylic acids is 1. The van der Waals surface area contributed by atoms with Gasteiger partial charge in [-0.3, -0.25) is 4.79 Å². The summed E-state index contributed by atoms with van der Waals surface area (Å²) in [5, 5.41) is 2.96. The number of sulfonamides is 1. The second kappa shape index (κ2) is 8.35. The summed E-state index contributed by atoms with van der Waals surface area (Å²) in [7, 11) is -3.43. The van der Waals surface area contributed by atoms with E-state index in [2.05, 4.69) is 15.2 Å². The van der Waals surface area contributed by atoms with Crippen LogP contribution in [0.1, 0.15) is 39.0 Å². The molecule has 2 aliphatic heterocycles. The highest BCUT2D eigenvalue weighted by atomic mass is 32.2. The summed E-state index contributed by atoms with van der Waals surface area (Å²) >= 11 is 0. The molecule has 0 saturated carbocycles. The van der Waals surface area contributed by atoms with Crippen molar-refractivity contribution in [3.63, 3.8) is 0 Å². The number of nitrogens with zero attached hydrogens (tertiary/aromatic N) is 3. The van der Waals surface area contributed by atoms with Gasteiger partial charge in [-0.15, -0.1) is 0 Å². The fourth-order valence-corrected chi connectivity index (χ4v) is 5.04. The second-order valence-electron chi connectivity index (χ2n) is 7.04. The molecule has 1 atom stereocenters. The van der Waals surface area contributed by atoms with Crippen LogP contribution in [0.2, 0.25) is 0 Å². The predicted molar refractivity (Wildman–Crippen MR) is 100 cm³/mol. The molecule has 2 fully saturated rings. The first kappa shape index (κ1) is 19.1. The first-order valence-electron chi connectivity index (χ1n) is 9.51. The van der Waals surface area contributed by atoms with Crippen LogP contribution >= 0.6 is 0 Å². The van der Waals surface area contributed by atoms with Gasteiger partial charge in [-0.05, 0) is 44.2 Å². The van der Waals surface area contributed by atoms with Crippen LogP contribution in [0.4, 0.5) is 5.82 Å². The third-order valence-corrected chi connectivity index (χ3v) is 6.97. The van der Waals surface area contributed by atoms with Gasteiger partial charge in [0.15, 0.2) is 0 Å². The molecule has 0 aliphatic carbocycles. The zero-order valence-corrected chi connectivity index (χ0v) is 16.2. The monoisotopic (exact) mass is 380 g/mol. The summed E-state index contributed by atoms with van der Waals surface area (Å²) < 4.78 is 26.7. The number of anilines is 1. The van der Waals surface area contributed by atoms with Gasteiger partial charge >= 0.3 is 0 Å². The third kappa shape index (κ3) is 4.17. The van der Waals surface area contributed by atoms with E-state index in [-0.39, 0.29) is 16.7 Å². The molecular weight excluding hydrogens is 352 g/mol. The van der Waals surface area contributed by atoms with Gasteiger partial charge in [-0.1, -0.05) is 6.92 Å². The number of aromatic nitrogens is 1. The lowest BCUT2D eigenvalue weighted by atomic mass is 9.97. The number of amides is 1. The standard InChI is InChI=1S/C18H28N4O3S/c1-2-9-19-18(23)15-6-5-10-21(14-15)17-8-7-16(13-20-17)26(24,25)22-11-3-4-12-22/h7-8,13,15H,2-6,9-12,14H2,1H3,(H,19,23). The van der Waals surface area contributed by atoms with E-state index in [1.165, 1.54) is 10.5 Å². The Hall–Kier alpha value is -1.67. The SMILES string of the molecule is CCCNC(=O)C1CCCN(c2ccc(S(=O)(=O)N3CCCC3)cn2)C1. The van der Waals surface area contributed by atoms with Crippen molar-refractivity contribution < 1.29 is 13.2 Å². The number of hydrogen-bond acceptors (Lipinski definition) is 5. The molecule has 0 aromatic carbocycles. The summed E-state index contributed by atoms with van der Waals surface area (Å²) in [6.07, 6.45) is 6.02. The van der Waals surface area contributed by atoms with Gasteiger partial charge in [-0.25, -0.2) is 13.4 Å². The highest BCUT2D eigenvalue weighted by molar-refractivity contribution is 7.89. The Balaban J connectivity index is 1.67. The Bertz CT molecular complexity index is 714. The fourth-order valence-electron chi connectivity index (χ4n) is 3.58. The van der Waals surface area contributed by atoms with Crippen molar-refractivity contribution in [2.24, 2.45) is 5.92 Å². The maximum absolute atomic E-state index is 12.6. The highest BCUT2D eigenvalue weighted by Crippen LogP contribution is 2.25. The summed E-state index contributed by atoms with van der Waals surface area (Å²) in [6.45, 7) is 5.38. The molecule has 2 saturated heterocycles. The molecule has 8 heteroatoms. The first-order chi connectivity index (χ1) is 12.5. The van der Waals surface area contributed by atoms with Crippen LogP contribution in [-0.4, -0.2) is 56.3 Å². The summed E-state index contributed by atoms with van der Waals surface area (Å²) in [5.74, 6) is 0.799. The Kier molecular flexibility index (Phi) is 6.13. The molecular formula is C18H28N4O3S. The zero-order valence-electron chi connectivity index (χ0n) is 15.4. The molecule has 1 N–H and O–H groups in total. The normalized spacial score (nSPS) is 21.7. The van der Waals surface area contributed by atoms with Crippen molar-refractivity contribution in [1.82, 2.24) is 14.6 Å². The van der Waals surface area contributed by atoms with E-state index in [0.29, 0.717) is 26.2 Å². The molecule has 0 radical (unpaired) electrons. The van der Waals surface area contributed by atoms with Gasteiger partial charge in [-0.2, -0.15) is 4.31 Å². The van der Waals surface area contributed by atoms with E-state index in [0.717, 1.165) is 44.5 Å². The molecule has 0 bridgehead atoms. The number of rotatable bonds is 6. The number of carbonyl (C=O) groups is 1. The summed E-state index contributed by atoms with van der Waals surface area (Å²) in [6, 6.07) is 3.39. The molecule has 1 amide bonds. The number of pyridine rings is 1. The summed E-state index contributed by atoms with van der Waals surface area (Å²) in [5.41, 5.74) is 0. The lowest BCUT2D eigenvalue weighted by Gasteiger charge is -2.33. The van der Waals surface area contributed by atoms with Crippen LogP contribution in [0.15, 0.2) is 23.2 Å². The average Bonchev–Trinajstić information content (AvgIpc) is 3.22. The van der Waals surface area contributed by atoms with Gasteiger partial charge in [0.2, 0.25) is 15.9 Å². The Labute approximate surface area is 155 Å². The molecule has 3 heterocycles. The van der Waals surface area contributed by atoms with Crippen LogP contribution in [0.25, 0.3) is 0 Å². The lowest BCUT2D eigenvalue weighted by molar-refractivity contribution is -0.125. The van der Waals surface area contributed by atoms with Crippen molar-refractivity contribution in [3.8, 4) is 0 Å². The Morgan fingerprint density at radius 1 is 1.23 bits per heavy atom.